The fourth-order valence-electron chi connectivity index (χ4n) is 3.51. The van der Waals surface area contributed by atoms with E-state index >= 15 is 0 Å². The number of rotatable bonds is 6. The number of hydrogen-bond acceptors (Lipinski definition) is 3. The molecule has 1 aliphatic rings. The minimum Gasteiger partial charge on any atom is -0.276 e. The molecule has 0 amide bonds. The van der Waals surface area contributed by atoms with E-state index < -0.39 is 0 Å². The zero-order chi connectivity index (χ0) is 13.0. The molecule has 1 saturated carbocycles. The van der Waals surface area contributed by atoms with Crippen LogP contribution in [0.1, 0.15) is 51.0 Å². The summed E-state index contributed by atoms with van der Waals surface area (Å²) in [7, 11) is 1.96. The maximum Gasteiger partial charge on any atom is 0.0521 e. The molecule has 0 aromatic carbocycles. The Hall–Kier alpha value is -0.870. The topological polar surface area (TPSA) is 55.9 Å². The first-order valence-electron chi connectivity index (χ1n) is 7.14. The van der Waals surface area contributed by atoms with Gasteiger partial charge < -0.3 is 0 Å². The Labute approximate surface area is 110 Å². The highest BCUT2D eigenvalue weighted by molar-refractivity contribution is 5.05. The van der Waals surface area contributed by atoms with Gasteiger partial charge in [-0.3, -0.25) is 16.0 Å². The van der Waals surface area contributed by atoms with Crippen LogP contribution in [-0.4, -0.2) is 15.8 Å². The van der Waals surface area contributed by atoms with Crippen molar-refractivity contribution >= 4 is 0 Å². The van der Waals surface area contributed by atoms with Gasteiger partial charge in [0.15, 0.2) is 0 Å². The average molecular weight is 250 g/mol. The van der Waals surface area contributed by atoms with E-state index in [0.29, 0.717) is 11.5 Å². The van der Waals surface area contributed by atoms with Crippen molar-refractivity contribution in [2.45, 2.75) is 57.9 Å². The van der Waals surface area contributed by atoms with Crippen molar-refractivity contribution in [2.24, 2.45) is 18.3 Å². The second kappa shape index (κ2) is 5.85. The van der Waals surface area contributed by atoms with Gasteiger partial charge in [-0.2, -0.15) is 5.10 Å². The van der Waals surface area contributed by atoms with Gasteiger partial charge in [-0.1, -0.05) is 19.8 Å². The molecule has 0 radical (unpaired) electrons. The van der Waals surface area contributed by atoms with Crippen LogP contribution < -0.4 is 11.3 Å². The molecule has 2 rings (SSSR count). The number of aryl methyl sites for hydroxylation is 2. The Morgan fingerprint density at radius 3 is 2.72 bits per heavy atom. The van der Waals surface area contributed by atoms with E-state index in [4.69, 9.17) is 5.84 Å². The Bertz CT molecular complexity index is 366. The number of hydrogen-bond donors (Lipinski definition) is 2. The van der Waals surface area contributed by atoms with E-state index in [-0.39, 0.29) is 0 Å². The molecule has 1 atom stereocenters. The summed E-state index contributed by atoms with van der Waals surface area (Å²) in [5, 5.41) is 4.22. The highest BCUT2D eigenvalue weighted by Crippen LogP contribution is 2.44. The summed E-state index contributed by atoms with van der Waals surface area (Å²) in [6.07, 6.45) is 12.8. The lowest BCUT2D eigenvalue weighted by atomic mass is 9.74. The van der Waals surface area contributed by atoms with E-state index in [9.17, 15) is 0 Å². The quantitative estimate of drug-likeness (QED) is 0.601. The third kappa shape index (κ3) is 2.75. The highest BCUT2D eigenvalue weighted by atomic mass is 15.2. The first kappa shape index (κ1) is 13.6. The smallest absolute Gasteiger partial charge is 0.0521 e. The Morgan fingerprint density at radius 2 is 2.22 bits per heavy atom. The predicted molar refractivity (Wildman–Crippen MR) is 73.8 cm³/mol. The predicted octanol–water partition coefficient (Wildman–Crippen LogP) is 2.15. The van der Waals surface area contributed by atoms with Crippen molar-refractivity contribution in [1.82, 2.24) is 15.2 Å². The number of hydrazine groups is 1. The Morgan fingerprint density at radius 1 is 1.50 bits per heavy atom. The Balaban J connectivity index is 1.96. The molecule has 0 spiro atoms. The molecule has 1 aromatic rings. The van der Waals surface area contributed by atoms with Crippen LogP contribution in [0.25, 0.3) is 0 Å². The molecule has 1 aliphatic carbocycles. The summed E-state index contributed by atoms with van der Waals surface area (Å²) < 4.78 is 1.87. The molecular formula is C14H26N4. The van der Waals surface area contributed by atoms with Gasteiger partial charge >= 0.3 is 0 Å². The van der Waals surface area contributed by atoms with Crippen LogP contribution in [0.3, 0.4) is 0 Å². The second-order valence-electron chi connectivity index (χ2n) is 5.70. The zero-order valence-corrected chi connectivity index (χ0v) is 11.7. The van der Waals surface area contributed by atoms with Crippen molar-refractivity contribution in [3.63, 3.8) is 0 Å². The molecule has 1 aromatic heterocycles. The number of nitrogens with zero attached hydrogens (tertiary/aromatic N) is 2. The number of nitrogens with two attached hydrogens (primary N) is 1. The van der Waals surface area contributed by atoms with Crippen molar-refractivity contribution in [2.75, 3.05) is 0 Å². The molecule has 102 valence electrons. The summed E-state index contributed by atoms with van der Waals surface area (Å²) in [4.78, 5) is 0. The van der Waals surface area contributed by atoms with Gasteiger partial charge in [-0.15, -0.1) is 0 Å². The molecule has 4 heteroatoms. The van der Waals surface area contributed by atoms with E-state index in [2.05, 4.69) is 23.6 Å². The van der Waals surface area contributed by atoms with Gasteiger partial charge in [0.25, 0.3) is 0 Å². The molecule has 4 nitrogen and oxygen atoms in total. The standard InChI is InChI=1S/C14H26N4/c1-3-14(8-4-5-9-14)13(17-15)7-6-12-10-16-18(2)11-12/h10-11,13,17H,3-9,15H2,1-2H3. The number of nitrogens with one attached hydrogen (secondary N) is 1. The zero-order valence-electron chi connectivity index (χ0n) is 11.7. The maximum atomic E-state index is 5.81. The van der Waals surface area contributed by atoms with Crippen LogP contribution in [0.15, 0.2) is 12.4 Å². The van der Waals surface area contributed by atoms with Gasteiger partial charge in [0.05, 0.1) is 6.20 Å². The molecular weight excluding hydrogens is 224 g/mol. The lowest BCUT2D eigenvalue weighted by molar-refractivity contribution is 0.177. The largest absolute Gasteiger partial charge is 0.276 e. The van der Waals surface area contributed by atoms with E-state index in [1.807, 2.05) is 17.9 Å². The molecule has 1 unspecified atom stereocenters. The van der Waals surface area contributed by atoms with Crippen molar-refractivity contribution < 1.29 is 0 Å². The van der Waals surface area contributed by atoms with Crippen molar-refractivity contribution in [1.29, 1.82) is 0 Å². The minimum atomic E-state index is 0.428. The summed E-state index contributed by atoms with van der Waals surface area (Å²) >= 11 is 0. The summed E-state index contributed by atoms with van der Waals surface area (Å²) in [6.45, 7) is 2.31. The highest BCUT2D eigenvalue weighted by Gasteiger charge is 2.38. The lowest BCUT2D eigenvalue weighted by Gasteiger charge is -2.36. The van der Waals surface area contributed by atoms with Crippen LogP contribution in [0.4, 0.5) is 0 Å². The monoisotopic (exact) mass is 250 g/mol. The van der Waals surface area contributed by atoms with Gasteiger partial charge in [-0.05, 0) is 43.1 Å². The fourth-order valence-corrected chi connectivity index (χ4v) is 3.51. The first-order chi connectivity index (χ1) is 8.70. The summed E-state index contributed by atoms with van der Waals surface area (Å²) in [5.41, 5.74) is 4.82. The summed E-state index contributed by atoms with van der Waals surface area (Å²) in [5.74, 6) is 5.81. The fraction of sp³-hybridized carbons (Fsp3) is 0.786. The first-order valence-corrected chi connectivity index (χ1v) is 7.14. The Kier molecular flexibility index (Phi) is 4.40. The summed E-state index contributed by atoms with van der Waals surface area (Å²) in [6, 6.07) is 0.435. The third-order valence-electron chi connectivity index (χ3n) is 4.72. The van der Waals surface area contributed by atoms with Crippen LogP contribution in [0.5, 0.6) is 0 Å². The molecule has 0 saturated heterocycles. The maximum absolute atomic E-state index is 5.81. The molecule has 1 heterocycles. The molecule has 0 bridgehead atoms. The SMILES string of the molecule is CCC1(C(CCc2cnn(C)c2)NN)CCCC1. The average Bonchev–Trinajstić information content (AvgIpc) is 3.00. The molecule has 3 N–H and O–H groups in total. The normalized spacial score (nSPS) is 20.2. The van der Waals surface area contributed by atoms with Gasteiger partial charge in [0, 0.05) is 19.3 Å². The van der Waals surface area contributed by atoms with E-state index in [0.717, 1.165) is 12.8 Å². The van der Waals surface area contributed by atoms with E-state index in [1.54, 1.807) is 0 Å². The van der Waals surface area contributed by atoms with Gasteiger partial charge in [0.2, 0.25) is 0 Å². The van der Waals surface area contributed by atoms with Gasteiger partial charge in [0.1, 0.15) is 0 Å². The molecule has 1 fully saturated rings. The third-order valence-corrected chi connectivity index (χ3v) is 4.72. The van der Waals surface area contributed by atoms with Crippen LogP contribution in [0, 0.1) is 5.41 Å². The van der Waals surface area contributed by atoms with Crippen molar-refractivity contribution in [3.8, 4) is 0 Å². The molecule has 18 heavy (non-hydrogen) atoms. The van der Waals surface area contributed by atoms with Crippen molar-refractivity contribution in [3.05, 3.63) is 18.0 Å². The van der Waals surface area contributed by atoms with Crippen LogP contribution >= 0.6 is 0 Å². The van der Waals surface area contributed by atoms with Crippen LogP contribution in [-0.2, 0) is 13.5 Å². The second-order valence-corrected chi connectivity index (χ2v) is 5.70. The molecule has 0 aliphatic heterocycles. The number of aromatic nitrogens is 2. The van der Waals surface area contributed by atoms with Crippen LogP contribution in [0.2, 0.25) is 0 Å². The van der Waals surface area contributed by atoms with E-state index in [1.165, 1.54) is 37.7 Å². The lowest BCUT2D eigenvalue weighted by Crippen LogP contribution is -2.47. The van der Waals surface area contributed by atoms with Gasteiger partial charge in [-0.25, -0.2) is 0 Å². The minimum absolute atomic E-state index is 0.428.